The fraction of sp³-hybridized carbons (Fsp3) is 0.667. The van der Waals surface area contributed by atoms with Crippen LogP contribution in [-0.4, -0.2) is 71.7 Å². The molecule has 1 fully saturated rings. The van der Waals surface area contributed by atoms with E-state index in [1.54, 1.807) is 0 Å². The van der Waals surface area contributed by atoms with Crippen LogP contribution in [0.3, 0.4) is 0 Å². The first-order valence-electron chi connectivity index (χ1n) is 8.47. The van der Waals surface area contributed by atoms with Crippen LogP contribution in [-0.2, 0) is 24.0 Å². The lowest BCUT2D eigenvalue weighted by atomic mass is 10.1. The zero-order valence-electron chi connectivity index (χ0n) is 14.7. The van der Waals surface area contributed by atoms with Gasteiger partial charge in [0.1, 0.15) is 12.1 Å². The topological polar surface area (TPSA) is 180 Å². The van der Waals surface area contributed by atoms with Gasteiger partial charge in [0.05, 0.1) is 12.6 Å². The fourth-order valence-corrected chi connectivity index (χ4v) is 2.71. The number of hydrogen-bond acceptors (Lipinski definition) is 7. The van der Waals surface area contributed by atoms with E-state index in [1.807, 2.05) is 0 Å². The summed E-state index contributed by atoms with van der Waals surface area (Å²) in [5.74, 6) is -3.66. The van der Waals surface area contributed by atoms with Gasteiger partial charge in [0.15, 0.2) is 0 Å². The second-order valence-corrected chi connectivity index (χ2v) is 6.44. The van der Waals surface area contributed by atoms with Crippen LogP contribution in [0, 0.1) is 0 Å². The molecule has 0 saturated carbocycles. The number of amides is 4. The average molecular weight is 403 g/mol. The molecule has 0 radical (unpaired) electrons. The summed E-state index contributed by atoms with van der Waals surface area (Å²) in [6, 6.07) is -2.58. The Morgan fingerprint density at radius 3 is 2.41 bits per heavy atom. The van der Waals surface area contributed by atoms with Gasteiger partial charge in [-0.2, -0.15) is 12.6 Å². The van der Waals surface area contributed by atoms with Gasteiger partial charge in [-0.15, -0.1) is 0 Å². The smallest absolute Gasteiger partial charge is 0.326 e. The van der Waals surface area contributed by atoms with Crippen LogP contribution >= 0.6 is 12.6 Å². The third-order valence-corrected chi connectivity index (χ3v) is 4.29. The van der Waals surface area contributed by atoms with E-state index < -0.39 is 42.3 Å². The quantitative estimate of drug-likeness (QED) is 0.181. The van der Waals surface area contributed by atoms with Gasteiger partial charge in [0.25, 0.3) is 0 Å². The molecule has 1 aliphatic rings. The summed E-state index contributed by atoms with van der Waals surface area (Å²) in [6.45, 7) is 0.248. The van der Waals surface area contributed by atoms with Crippen LogP contribution in [0.4, 0.5) is 0 Å². The number of nitrogens with one attached hydrogen (secondary N) is 4. The van der Waals surface area contributed by atoms with Gasteiger partial charge >= 0.3 is 5.97 Å². The van der Waals surface area contributed by atoms with Crippen molar-refractivity contribution in [2.45, 2.75) is 43.8 Å². The molecule has 3 atom stereocenters. The van der Waals surface area contributed by atoms with Crippen LogP contribution in [0.25, 0.3) is 0 Å². The largest absolute Gasteiger partial charge is 0.480 e. The van der Waals surface area contributed by atoms with Crippen molar-refractivity contribution in [1.82, 2.24) is 21.3 Å². The highest BCUT2D eigenvalue weighted by Crippen LogP contribution is 2.05. The van der Waals surface area contributed by atoms with Crippen molar-refractivity contribution in [2.24, 2.45) is 5.73 Å². The number of thiol groups is 1. The third-order valence-electron chi connectivity index (χ3n) is 3.93. The van der Waals surface area contributed by atoms with Gasteiger partial charge in [-0.3, -0.25) is 19.2 Å². The van der Waals surface area contributed by atoms with Crippen LogP contribution < -0.4 is 27.0 Å². The number of carboxylic acid groups (broad SMARTS) is 1. The number of carbonyl (C=O) groups excluding carboxylic acids is 4. The van der Waals surface area contributed by atoms with Crippen molar-refractivity contribution in [3.05, 3.63) is 0 Å². The maximum Gasteiger partial charge on any atom is 0.326 e. The predicted octanol–water partition coefficient (Wildman–Crippen LogP) is -2.90. The molecule has 0 aromatic heterocycles. The Kier molecular flexibility index (Phi) is 9.58. The molecule has 12 heteroatoms. The normalized spacial score (nSPS) is 18.2. The maximum atomic E-state index is 12.1. The van der Waals surface area contributed by atoms with Gasteiger partial charge < -0.3 is 32.1 Å². The molecule has 1 saturated heterocycles. The highest BCUT2D eigenvalue weighted by molar-refractivity contribution is 7.80. The van der Waals surface area contributed by atoms with Crippen LogP contribution in [0.2, 0.25) is 0 Å². The summed E-state index contributed by atoms with van der Waals surface area (Å²) in [4.78, 5) is 57.8. The average Bonchev–Trinajstić information content (AvgIpc) is 3.15. The molecule has 7 N–H and O–H groups in total. The van der Waals surface area contributed by atoms with E-state index in [4.69, 9.17) is 10.8 Å². The van der Waals surface area contributed by atoms with E-state index in [2.05, 4.69) is 33.9 Å². The molecule has 27 heavy (non-hydrogen) atoms. The third kappa shape index (κ3) is 8.26. The first-order valence-corrected chi connectivity index (χ1v) is 9.10. The number of carbonyl (C=O) groups is 5. The minimum Gasteiger partial charge on any atom is -0.480 e. The Bertz CT molecular complexity index is 581. The molecule has 0 aromatic carbocycles. The van der Waals surface area contributed by atoms with Crippen molar-refractivity contribution in [3.8, 4) is 0 Å². The monoisotopic (exact) mass is 403 g/mol. The van der Waals surface area contributed by atoms with Crippen LogP contribution in [0.1, 0.15) is 25.7 Å². The van der Waals surface area contributed by atoms with Gasteiger partial charge in [0, 0.05) is 12.2 Å². The zero-order chi connectivity index (χ0) is 20.4. The van der Waals surface area contributed by atoms with Gasteiger partial charge in [-0.1, -0.05) is 0 Å². The number of hydrogen-bond donors (Lipinski definition) is 7. The molecular formula is C15H25N5O6S. The van der Waals surface area contributed by atoms with Crippen LogP contribution in [0.5, 0.6) is 0 Å². The summed E-state index contributed by atoms with van der Waals surface area (Å²) in [6.07, 6.45) is 1.19. The summed E-state index contributed by atoms with van der Waals surface area (Å²) in [5.41, 5.74) is 4.96. The minimum absolute atomic E-state index is 0.0300. The van der Waals surface area contributed by atoms with Crippen molar-refractivity contribution >= 4 is 42.2 Å². The number of rotatable bonds is 11. The lowest BCUT2D eigenvalue weighted by Gasteiger charge is -2.19. The fourth-order valence-electron chi connectivity index (χ4n) is 2.45. The molecule has 0 spiro atoms. The number of carboxylic acids is 1. The standard InChI is InChI=1S/C15H25N5O6S/c16-11(21)4-3-9(15(25)26)19-12(22)6-18-13(23)10(7-27)20-14(24)8-2-1-5-17-8/h8-10,17,27H,1-7H2,(H2,16,21)(H,18,23)(H,19,22)(H,20,24)(H,25,26). The highest BCUT2D eigenvalue weighted by atomic mass is 32.1. The summed E-state index contributed by atoms with van der Waals surface area (Å²) >= 11 is 4.03. The first-order chi connectivity index (χ1) is 12.7. The minimum atomic E-state index is -1.32. The number of nitrogens with two attached hydrogens (primary N) is 1. The molecule has 1 aliphatic heterocycles. The van der Waals surface area contributed by atoms with Gasteiger partial charge in [0.2, 0.25) is 23.6 Å². The molecule has 1 heterocycles. The van der Waals surface area contributed by atoms with E-state index in [9.17, 15) is 24.0 Å². The Balaban J connectivity index is 2.44. The molecule has 0 aliphatic carbocycles. The lowest BCUT2D eigenvalue weighted by Crippen LogP contribution is -2.54. The van der Waals surface area contributed by atoms with Crippen molar-refractivity contribution in [2.75, 3.05) is 18.8 Å². The summed E-state index contributed by atoms with van der Waals surface area (Å²) in [5, 5.41) is 19.1. The van der Waals surface area contributed by atoms with Gasteiger partial charge in [-0.05, 0) is 25.8 Å². The zero-order valence-corrected chi connectivity index (χ0v) is 15.6. The van der Waals surface area contributed by atoms with Crippen molar-refractivity contribution in [1.29, 1.82) is 0 Å². The second kappa shape index (κ2) is 11.4. The molecule has 1 rings (SSSR count). The van der Waals surface area contributed by atoms with Crippen LogP contribution in [0.15, 0.2) is 0 Å². The summed E-state index contributed by atoms with van der Waals surface area (Å²) < 4.78 is 0. The van der Waals surface area contributed by atoms with Gasteiger partial charge in [-0.25, -0.2) is 4.79 Å². The van der Waals surface area contributed by atoms with E-state index in [0.717, 1.165) is 13.0 Å². The molecule has 3 unspecified atom stereocenters. The van der Waals surface area contributed by atoms with E-state index in [0.29, 0.717) is 6.42 Å². The Morgan fingerprint density at radius 1 is 1.19 bits per heavy atom. The van der Waals surface area contributed by atoms with E-state index in [-0.39, 0.29) is 30.5 Å². The lowest BCUT2D eigenvalue weighted by molar-refractivity contribution is -0.142. The molecule has 0 aromatic rings. The second-order valence-electron chi connectivity index (χ2n) is 6.07. The molecule has 152 valence electrons. The predicted molar refractivity (Wildman–Crippen MR) is 97.8 cm³/mol. The number of primary amides is 1. The van der Waals surface area contributed by atoms with E-state index >= 15 is 0 Å². The van der Waals surface area contributed by atoms with Crippen molar-refractivity contribution in [3.63, 3.8) is 0 Å². The molecule has 11 nitrogen and oxygen atoms in total. The number of aliphatic carboxylic acids is 1. The van der Waals surface area contributed by atoms with Crippen molar-refractivity contribution < 1.29 is 29.1 Å². The maximum absolute atomic E-state index is 12.1. The summed E-state index contributed by atoms with van der Waals surface area (Å²) in [7, 11) is 0. The highest BCUT2D eigenvalue weighted by Gasteiger charge is 2.27. The first kappa shape index (κ1) is 22.7. The molecule has 4 amide bonds. The van der Waals surface area contributed by atoms with E-state index in [1.165, 1.54) is 0 Å². The molecule has 0 bridgehead atoms. The Hall–Kier alpha value is -2.34. The Labute approximate surface area is 161 Å². The Morgan fingerprint density at radius 2 is 1.89 bits per heavy atom. The molecular weight excluding hydrogens is 378 g/mol. The SMILES string of the molecule is NC(=O)CCC(NC(=O)CNC(=O)C(CS)NC(=O)C1CCCN1)C(=O)O.